The summed E-state index contributed by atoms with van der Waals surface area (Å²) < 4.78 is 66.7. The summed E-state index contributed by atoms with van der Waals surface area (Å²) in [6.07, 6.45) is 0.681. The summed E-state index contributed by atoms with van der Waals surface area (Å²) in [4.78, 5) is 11.3. The first-order valence-electron chi connectivity index (χ1n) is 7.11. The van der Waals surface area contributed by atoms with Crippen molar-refractivity contribution in [3.63, 3.8) is 0 Å². The molecule has 0 fully saturated rings. The van der Waals surface area contributed by atoms with Crippen molar-refractivity contribution in [1.29, 1.82) is 0 Å². The van der Waals surface area contributed by atoms with Gasteiger partial charge in [-0.3, -0.25) is 4.79 Å². The number of hydrogen-bond donors (Lipinski definition) is 0. The molecule has 0 heterocycles. The van der Waals surface area contributed by atoms with Crippen molar-refractivity contribution >= 4 is 27.7 Å². The van der Waals surface area contributed by atoms with Crippen molar-refractivity contribution in [2.24, 2.45) is 0 Å². The second-order valence-electron chi connectivity index (χ2n) is 5.26. The number of thioether (sulfide) groups is 1. The summed E-state index contributed by atoms with van der Waals surface area (Å²) in [6, 6.07) is 8.81. The third-order valence-electron chi connectivity index (χ3n) is 3.58. The van der Waals surface area contributed by atoms with Crippen LogP contribution in [0.5, 0.6) is 5.75 Å². The normalized spacial score (nSPS) is 14.4. The van der Waals surface area contributed by atoms with Crippen molar-refractivity contribution in [3.05, 3.63) is 53.6 Å². The van der Waals surface area contributed by atoms with Gasteiger partial charge in [0.25, 0.3) is 0 Å². The fourth-order valence-electron chi connectivity index (χ4n) is 2.51. The van der Waals surface area contributed by atoms with Gasteiger partial charge in [0, 0.05) is 22.4 Å². The summed E-state index contributed by atoms with van der Waals surface area (Å²) >= 11 is -0.333. The Morgan fingerprint density at radius 2 is 1.68 bits per heavy atom. The van der Waals surface area contributed by atoms with Gasteiger partial charge in [0.05, 0.1) is 0 Å². The standard InChI is InChI=1S/C16H11F3O4S2/c17-16(18,19)24-10-4-6-11(7-5-10)25(21,22)23-15-3-1-2-12-13(15)8-9-14(12)20/h1-7H,8-9H2. The van der Waals surface area contributed by atoms with E-state index >= 15 is 0 Å². The van der Waals surface area contributed by atoms with E-state index in [1.807, 2.05) is 0 Å². The molecule has 2 aromatic rings. The molecule has 0 saturated heterocycles. The zero-order valence-electron chi connectivity index (χ0n) is 12.5. The first-order chi connectivity index (χ1) is 11.7. The zero-order valence-corrected chi connectivity index (χ0v) is 14.2. The molecule has 0 N–H and O–H groups in total. The summed E-state index contributed by atoms with van der Waals surface area (Å²) in [6.45, 7) is 0. The number of alkyl halides is 3. The van der Waals surface area contributed by atoms with Gasteiger partial charge in [-0.15, -0.1) is 0 Å². The van der Waals surface area contributed by atoms with Crippen molar-refractivity contribution in [1.82, 2.24) is 0 Å². The van der Waals surface area contributed by atoms with Gasteiger partial charge in [-0.2, -0.15) is 21.6 Å². The van der Waals surface area contributed by atoms with E-state index in [2.05, 4.69) is 0 Å². The topological polar surface area (TPSA) is 60.4 Å². The van der Waals surface area contributed by atoms with Crippen molar-refractivity contribution in [2.75, 3.05) is 0 Å². The maximum Gasteiger partial charge on any atom is 0.446 e. The molecule has 0 amide bonds. The maximum absolute atomic E-state index is 12.3. The van der Waals surface area contributed by atoms with E-state index in [4.69, 9.17) is 4.18 Å². The highest BCUT2D eigenvalue weighted by molar-refractivity contribution is 8.00. The molecule has 0 bridgehead atoms. The Morgan fingerprint density at radius 3 is 2.32 bits per heavy atom. The summed E-state index contributed by atoms with van der Waals surface area (Å²) in [5.74, 6) is -0.0107. The first-order valence-corrected chi connectivity index (χ1v) is 9.33. The quantitative estimate of drug-likeness (QED) is 0.580. The molecule has 3 rings (SSSR count). The zero-order chi connectivity index (χ0) is 18.2. The molecule has 0 aliphatic heterocycles. The second-order valence-corrected chi connectivity index (χ2v) is 7.95. The number of Topliss-reactive ketones (excluding diaryl/α,β-unsaturated/α-hetero) is 1. The predicted molar refractivity (Wildman–Crippen MR) is 85.3 cm³/mol. The monoisotopic (exact) mass is 388 g/mol. The SMILES string of the molecule is O=C1CCc2c(OS(=O)(=O)c3ccc(SC(F)(F)F)cc3)cccc21. The van der Waals surface area contributed by atoms with Gasteiger partial charge in [0.1, 0.15) is 10.6 Å². The minimum atomic E-state index is -4.45. The molecule has 9 heteroatoms. The van der Waals surface area contributed by atoms with Crippen LogP contribution in [0.3, 0.4) is 0 Å². The molecule has 0 unspecified atom stereocenters. The lowest BCUT2D eigenvalue weighted by atomic mass is 10.1. The van der Waals surface area contributed by atoms with Crippen LogP contribution in [0.4, 0.5) is 13.2 Å². The predicted octanol–water partition coefficient (Wildman–Crippen LogP) is 4.20. The Balaban J connectivity index is 1.85. The van der Waals surface area contributed by atoms with Crippen LogP contribution in [-0.2, 0) is 16.5 Å². The highest BCUT2D eigenvalue weighted by atomic mass is 32.2. The van der Waals surface area contributed by atoms with E-state index in [1.165, 1.54) is 12.1 Å². The number of hydrogen-bond acceptors (Lipinski definition) is 5. The Labute approximate surface area is 146 Å². The Morgan fingerprint density at radius 1 is 1.00 bits per heavy atom. The van der Waals surface area contributed by atoms with Crippen LogP contribution >= 0.6 is 11.8 Å². The van der Waals surface area contributed by atoms with E-state index < -0.39 is 15.6 Å². The van der Waals surface area contributed by atoms with Gasteiger partial charge in [-0.1, -0.05) is 12.1 Å². The van der Waals surface area contributed by atoms with Gasteiger partial charge in [-0.05, 0) is 48.5 Å². The van der Waals surface area contributed by atoms with Crippen molar-refractivity contribution in [3.8, 4) is 5.75 Å². The number of ketones is 1. The van der Waals surface area contributed by atoms with Gasteiger partial charge in [0.15, 0.2) is 5.78 Å². The average Bonchev–Trinajstić information content (AvgIpc) is 2.89. The molecular formula is C16H11F3O4S2. The van der Waals surface area contributed by atoms with E-state index in [0.29, 0.717) is 24.0 Å². The number of rotatable bonds is 4. The molecule has 2 aromatic carbocycles. The molecule has 132 valence electrons. The summed E-state index contributed by atoms with van der Waals surface area (Å²) in [7, 11) is -4.21. The Kier molecular flexibility index (Phi) is 4.54. The average molecular weight is 388 g/mol. The lowest BCUT2D eigenvalue weighted by Gasteiger charge is -2.11. The maximum atomic E-state index is 12.3. The van der Waals surface area contributed by atoms with E-state index in [9.17, 15) is 26.4 Å². The molecule has 0 radical (unpaired) electrons. The molecule has 25 heavy (non-hydrogen) atoms. The molecule has 0 aromatic heterocycles. The number of benzene rings is 2. The number of carbonyl (C=O) groups excluding carboxylic acids is 1. The highest BCUT2D eigenvalue weighted by Gasteiger charge is 2.30. The molecule has 0 spiro atoms. The Hall–Kier alpha value is -2.00. The first kappa shape index (κ1) is 17.8. The van der Waals surface area contributed by atoms with Gasteiger partial charge >= 0.3 is 15.6 Å². The van der Waals surface area contributed by atoms with Gasteiger partial charge < -0.3 is 4.18 Å². The van der Waals surface area contributed by atoms with E-state index in [-0.39, 0.29) is 33.1 Å². The molecular weight excluding hydrogens is 377 g/mol. The number of fused-ring (bicyclic) bond motifs is 1. The van der Waals surface area contributed by atoms with Crippen LogP contribution in [-0.4, -0.2) is 19.7 Å². The summed E-state index contributed by atoms with van der Waals surface area (Å²) in [5, 5.41) is 0. The minimum absolute atomic E-state index is 0.0668. The summed E-state index contributed by atoms with van der Waals surface area (Å²) in [5.41, 5.74) is -3.49. The van der Waals surface area contributed by atoms with Crippen LogP contribution in [0.2, 0.25) is 0 Å². The van der Waals surface area contributed by atoms with Gasteiger partial charge in [0.2, 0.25) is 0 Å². The van der Waals surface area contributed by atoms with Crippen molar-refractivity contribution < 1.29 is 30.6 Å². The smallest absolute Gasteiger partial charge is 0.379 e. The number of carbonyl (C=O) groups is 1. The Bertz CT molecular complexity index is 919. The van der Waals surface area contributed by atoms with Crippen LogP contribution in [0.15, 0.2) is 52.3 Å². The number of halogens is 3. The minimum Gasteiger partial charge on any atom is -0.379 e. The second kappa shape index (κ2) is 6.38. The molecule has 1 aliphatic carbocycles. The molecule has 1 aliphatic rings. The largest absolute Gasteiger partial charge is 0.446 e. The van der Waals surface area contributed by atoms with Crippen LogP contribution < -0.4 is 4.18 Å². The third-order valence-corrected chi connectivity index (χ3v) is 5.57. The van der Waals surface area contributed by atoms with Crippen molar-refractivity contribution in [2.45, 2.75) is 28.1 Å². The molecule has 0 saturated carbocycles. The fourth-order valence-corrected chi connectivity index (χ4v) is 4.01. The van der Waals surface area contributed by atoms with Gasteiger partial charge in [-0.25, -0.2) is 0 Å². The lowest BCUT2D eigenvalue weighted by molar-refractivity contribution is -0.0328. The molecule has 4 nitrogen and oxygen atoms in total. The van der Waals surface area contributed by atoms with Crippen LogP contribution in [0.1, 0.15) is 22.3 Å². The van der Waals surface area contributed by atoms with E-state index in [0.717, 1.165) is 24.3 Å². The lowest BCUT2D eigenvalue weighted by Crippen LogP contribution is -2.11. The fraction of sp³-hybridized carbons (Fsp3) is 0.188. The van der Waals surface area contributed by atoms with Crippen LogP contribution in [0.25, 0.3) is 0 Å². The molecule has 0 atom stereocenters. The third kappa shape index (κ3) is 3.98. The van der Waals surface area contributed by atoms with Crippen LogP contribution in [0, 0.1) is 0 Å². The highest BCUT2D eigenvalue weighted by Crippen LogP contribution is 2.37. The van der Waals surface area contributed by atoms with E-state index in [1.54, 1.807) is 6.07 Å².